The van der Waals surface area contributed by atoms with Crippen LogP contribution in [0.25, 0.3) is 0 Å². The van der Waals surface area contributed by atoms with Crippen molar-refractivity contribution in [2.24, 2.45) is 5.92 Å². The number of benzene rings is 1. The van der Waals surface area contributed by atoms with Crippen LogP contribution in [0.15, 0.2) is 24.3 Å². The Morgan fingerprint density at radius 3 is 2.80 bits per heavy atom. The molecule has 15 heavy (non-hydrogen) atoms. The van der Waals surface area contributed by atoms with Gasteiger partial charge in [-0.25, -0.2) is 0 Å². The second kappa shape index (κ2) is 3.24. The largest absolute Gasteiger partial charge is 0.493 e. The molecule has 80 valence electrons. The van der Waals surface area contributed by atoms with Crippen molar-refractivity contribution < 1.29 is 9.84 Å². The first kappa shape index (κ1) is 9.22. The monoisotopic (exact) mass is 204 g/mol. The average molecular weight is 204 g/mol. The van der Waals surface area contributed by atoms with E-state index in [0.717, 1.165) is 36.7 Å². The van der Waals surface area contributed by atoms with E-state index < -0.39 is 5.60 Å². The van der Waals surface area contributed by atoms with Gasteiger partial charge in [0.2, 0.25) is 0 Å². The Kier molecular flexibility index (Phi) is 1.99. The molecule has 0 aromatic heterocycles. The minimum absolute atomic E-state index is 0.543. The zero-order valence-electron chi connectivity index (χ0n) is 8.78. The number of hydrogen-bond donors (Lipinski definition) is 1. The van der Waals surface area contributed by atoms with Crippen LogP contribution in [0.1, 0.15) is 31.2 Å². The Morgan fingerprint density at radius 2 is 2.13 bits per heavy atom. The molecule has 0 heterocycles. The van der Waals surface area contributed by atoms with E-state index in [4.69, 9.17) is 4.74 Å². The molecule has 0 spiro atoms. The van der Waals surface area contributed by atoms with Crippen LogP contribution in [-0.4, -0.2) is 11.7 Å². The summed E-state index contributed by atoms with van der Waals surface area (Å²) in [6, 6.07) is 7.90. The van der Waals surface area contributed by atoms with Crippen molar-refractivity contribution in [1.82, 2.24) is 0 Å². The van der Waals surface area contributed by atoms with E-state index in [2.05, 4.69) is 0 Å². The van der Waals surface area contributed by atoms with E-state index in [-0.39, 0.29) is 0 Å². The lowest BCUT2D eigenvalue weighted by molar-refractivity contribution is 0.151. The zero-order chi connectivity index (χ0) is 10.3. The summed E-state index contributed by atoms with van der Waals surface area (Å²) in [7, 11) is 0. The lowest BCUT2D eigenvalue weighted by atomic mass is 10.1. The Labute approximate surface area is 89.9 Å². The predicted octanol–water partition coefficient (Wildman–Crippen LogP) is 2.46. The first-order valence-electron chi connectivity index (χ1n) is 5.72. The van der Waals surface area contributed by atoms with E-state index in [1.54, 1.807) is 0 Å². The van der Waals surface area contributed by atoms with Crippen molar-refractivity contribution in [2.75, 3.05) is 6.61 Å². The topological polar surface area (TPSA) is 29.5 Å². The molecule has 2 heteroatoms. The summed E-state index contributed by atoms with van der Waals surface area (Å²) in [6.07, 6.45) is 4.39. The molecule has 2 aliphatic rings. The first-order valence-corrected chi connectivity index (χ1v) is 5.72. The lowest BCUT2D eigenvalue weighted by Crippen LogP contribution is -2.05. The van der Waals surface area contributed by atoms with Gasteiger partial charge in [-0.05, 0) is 49.3 Å². The molecule has 2 fully saturated rings. The van der Waals surface area contributed by atoms with Crippen LogP contribution in [-0.2, 0) is 5.60 Å². The highest BCUT2D eigenvalue weighted by atomic mass is 16.5. The summed E-state index contributed by atoms with van der Waals surface area (Å²) >= 11 is 0. The molecule has 2 saturated carbocycles. The molecular formula is C13H16O2. The molecule has 0 atom stereocenters. The van der Waals surface area contributed by atoms with Crippen molar-refractivity contribution in [3.63, 3.8) is 0 Å². The normalized spacial score (nSPS) is 22.5. The number of aliphatic hydroxyl groups is 1. The Balaban J connectivity index is 1.71. The van der Waals surface area contributed by atoms with Crippen molar-refractivity contribution in [3.8, 4) is 5.75 Å². The average Bonchev–Trinajstić information content (AvgIpc) is 3.12. The molecule has 1 aromatic rings. The fourth-order valence-electron chi connectivity index (χ4n) is 1.78. The van der Waals surface area contributed by atoms with E-state index in [0.29, 0.717) is 0 Å². The summed E-state index contributed by atoms with van der Waals surface area (Å²) in [6.45, 7) is 0.835. The van der Waals surface area contributed by atoms with Gasteiger partial charge in [-0.15, -0.1) is 0 Å². The molecule has 1 N–H and O–H groups in total. The molecule has 0 saturated heterocycles. The summed E-state index contributed by atoms with van der Waals surface area (Å²) < 4.78 is 5.68. The maximum absolute atomic E-state index is 9.96. The van der Waals surface area contributed by atoms with Gasteiger partial charge in [0.1, 0.15) is 5.75 Å². The molecule has 2 aliphatic carbocycles. The highest BCUT2D eigenvalue weighted by Crippen LogP contribution is 2.45. The van der Waals surface area contributed by atoms with Gasteiger partial charge in [-0.3, -0.25) is 0 Å². The highest BCUT2D eigenvalue weighted by molar-refractivity contribution is 5.35. The van der Waals surface area contributed by atoms with Crippen molar-refractivity contribution >= 4 is 0 Å². The van der Waals surface area contributed by atoms with Gasteiger partial charge in [0, 0.05) is 0 Å². The van der Waals surface area contributed by atoms with Gasteiger partial charge in [-0.2, -0.15) is 0 Å². The second-order valence-corrected chi connectivity index (χ2v) is 4.81. The molecule has 2 nitrogen and oxygen atoms in total. The molecule has 0 unspecified atom stereocenters. The van der Waals surface area contributed by atoms with Gasteiger partial charge in [-0.1, -0.05) is 12.1 Å². The van der Waals surface area contributed by atoms with Gasteiger partial charge in [0.05, 0.1) is 12.2 Å². The van der Waals surface area contributed by atoms with E-state index in [9.17, 15) is 5.11 Å². The fourth-order valence-corrected chi connectivity index (χ4v) is 1.78. The number of ether oxygens (including phenoxy) is 1. The number of rotatable bonds is 4. The molecule has 1 aromatic carbocycles. The summed E-state index contributed by atoms with van der Waals surface area (Å²) in [5.41, 5.74) is 0.467. The fraction of sp³-hybridized carbons (Fsp3) is 0.538. The van der Waals surface area contributed by atoms with Gasteiger partial charge in [0.15, 0.2) is 0 Å². The SMILES string of the molecule is OC1(c2cccc(OCC3CC3)c2)CC1. The zero-order valence-corrected chi connectivity index (χ0v) is 8.78. The third kappa shape index (κ3) is 2.00. The Morgan fingerprint density at radius 1 is 1.33 bits per heavy atom. The molecule has 3 rings (SSSR count). The first-order chi connectivity index (χ1) is 7.26. The minimum atomic E-state index is -0.543. The Bertz CT molecular complexity index is 365. The third-order valence-electron chi connectivity index (χ3n) is 3.28. The molecule has 0 bridgehead atoms. The second-order valence-electron chi connectivity index (χ2n) is 4.81. The number of hydrogen-bond acceptors (Lipinski definition) is 2. The van der Waals surface area contributed by atoms with Crippen molar-refractivity contribution in [3.05, 3.63) is 29.8 Å². The van der Waals surface area contributed by atoms with Gasteiger partial charge < -0.3 is 9.84 Å². The van der Waals surface area contributed by atoms with E-state index in [1.165, 1.54) is 12.8 Å². The maximum Gasteiger partial charge on any atom is 0.119 e. The Hall–Kier alpha value is -1.02. The lowest BCUT2D eigenvalue weighted by Gasteiger charge is -2.10. The summed E-state index contributed by atoms with van der Waals surface area (Å²) in [5.74, 6) is 1.68. The van der Waals surface area contributed by atoms with Gasteiger partial charge in [0.25, 0.3) is 0 Å². The maximum atomic E-state index is 9.96. The van der Waals surface area contributed by atoms with Crippen molar-refractivity contribution in [2.45, 2.75) is 31.3 Å². The van der Waals surface area contributed by atoms with Crippen LogP contribution in [0, 0.1) is 5.92 Å². The van der Waals surface area contributed by atoms with Gasteiger partial charge >= 0.3 is 0 Å². The third-order valence-corrected chi connectivity index (χ3v) is 3.28. The molecule has 0 radical (unpaired) electrons. The standard InChI is InChI=1S/C13H16O2/c14-13(6-7-13)11-2-1-3-12(8-11)15-9-10-4-5-10/h1-3,8,10,14H,4-7,9H2. The predicted molar refractivity (Wildman–Crippen MR) is 57.8 cm³/mol. The molecular weight excluding hydrogens is 188 g/mol. The van der Waals surface area contributed by atoms with Crippen LogP contribution in [0.5, 0.6) is 5.75 Å². The smallest absolute Gasteiger partial charge is 0.119 e. The minimum Gasteiger partial charge on any atom is -0.493 e. The molecule has 0 amide bonds. The van der Waals surface area contributed by atoms with Crippen LogP contribution in [0.4, 0.5) is 0 Å². The van der Waals surface area contributed by atoms with E-state index >= 15 is 0 Å². The molecule has 0 aliphatic heterocycles. The van der Waals surface area contributed by atoms with E-state index in [1.807, 2.05) is 24.3 Å². The highest BCUT2D eigenvalue weighted by Gasteiger charge is 2.42. The van der Waals surface area contributed by atoms with Crippen LogP contribution in [0.3, 0.4) is 0 Å². The summed E-state index contributed by atoms with van der Waals surface area (Å²) in [5, 5.41) is 9.96. The van der Waals surface area contributed by atoms with Crippen LogP contribution in [0.2, 0.25) is 0 Å². The quantitative estimate of drug-likeness (QED) is 0.816. The summed E-state index contributed by atoms with van der Waals surface area (Å²) in [4.78, 5) is 0. The van der Waals surface area contributed by atoms with Crippen LogP contribution < -0.4 is 4.74 Å². The van der Waals surface area contributed by atoms with Crippen LogP contribution >= 0.6 is 0 Å². The van der Waals surface area contributed by atoms with Crippen molar-refractivity contribution in [1.29, 1.82) is 0 Å².